The molecule has 1 aromatic rings. The lowest BCUT2D eigenvalue weighted by atomic mass is 10.3. The molecule has 1 rings (SSSR count). The Morgan fingerprint density at radius 2 is 1.95 bits per heavy atom. The van der Waals surface area contributed by atoms with Gasteiger partial charge in [-0.05, 0) is 49.2 Å². The number of anilines is 1. The number of carbonyl (C=O) groups excluding carboxylic acids is 1. The molecule has 1 aromatic carbocycles. The molecule has 0 aliphatic carbocycles. The minimum Gasteiger partial charge on any atom is -0.482 e. The molecule has 0 fully saturated rings. The van der Waals surface area contributed by atoms with E-state index in [4.69, 9.17) is 16.3 Å². The number of rotatable bonds is 8. The molecule has 0 saturated heterocycles. The zero-order valence-electron chi connectivity index (χ0n) is 11.4. The summed E-state index contributed by atoms with van der Waals surface area (Å²) >= 11 is 5.29. The van der Waals surface area contributed by atoms with Gasteiger partial charge in [0.2, 0.25) is 10.0 Å². The Hall–Kier alpha value is -1.27. The van der Waals surface area contributed by atoms with Crippen LogP contribution in [0.15, 0.2) is 24.3 Å². The second-order valence-electron chi connectivity index (χ2n) is 4.36. The summed E-state index contributed by atoms with van der Waals surface area (Å²) < 4.78 is 31.2. The summed E-state index contributed by atoms with van der Waals surface area (Å²) in [7, 11) is -3.31. The van der Waals surface area contributed by atoms with E-state index in [0.717, 1.165) is 6.42 Å². The quantitative estimate of drug-likeness (QED) is 0.748. The maximum absolute atomic E-state index is 11.7. The van der Waals surface area contributed by atoms with Gasteiger partial charge in [-0.2, -0.15) is 0 Å². The Morgan fingerprint density at radius 3 is 2.45 bits per heavy atom. The Kier molecular flexibility index (Phi) is 6.29. The van der Waals surface area contributed by atoms with E-state index in [0.29, 0.717) is 17.9 Å². The summed E-state index contributed by atoms with van der Waals surface area (Å²) in [5.41, 5.74) is 0.457. The van der Waals surface area contributed by atoms with E-state index in [1.165, 1.54) is 6.92 Å². The molecule has 7 heteroatoms. The van der Waals surface area contributed by atoms with Crippen molar-refractivity contribution in [2.75, 3.05) is 10.5 Å². The van der Waals surface area contributed by atoms with Gasteiger partial charge in [-0.15, -0.1) is 0 Å². The fraction of sp³-hybridized carbons (Fsp3) is 0.462. The summed E-state index contributed by atoms with van der Waals surface area (Å²) in [5.74, 6) is 0.544. The first-order chi connectivity index (χ1) is 9.34. The molecule has 1 unspecified atom stereocenters. The molecule has 20 heavy (non-hydrogen) atoms. The summed E-state index contributed by atoms with van der Waals surface area (Å²) in [6, 6.07) is 6.30. The highest BCUT2D eigenvalue weighted by atomic mass is 35.5. The molecule has 0 aliphatic rings. The highest BCUT2D eigenvalue weighted by Crippen LogP contribution is 2.18. The molecule has 0 aliphatic heterocycles. The van der Waals surface area contributed by atoms with Gasteiger partial charge < -0.3 is 4.74 Å². The van der Waals surface area contributed by atoms with Crippen LogP contribution in [0.25, 0.3) is 0 Å². The van der Waals surface area contributed by atoms with Crippen LogP contribution in [0.2, 0.25) is 0 Å². The number of hydrogen-bond acceptors (Lipinski definition) is 4. The van der Waals surface area contributed by atoms with Gasteiger partial charge in [-0.1, -0.05) is 13.3 Å². The second kappa shape index (κ2) is 7.50. The Labute approximate surface area is 124 Å². The van der Waals surface area contributed by atoms with Gasteiger partial charge in [0.15, 0.2) is 6.10 Å². The van der Waals surface area contributed by atoms with Crippen molar-refractivity contribution in [1.29, 1.82) is 0 Å². The minimum atomic E-state index is -3.31. The van der Waals surface area contributed by atoms with Gasteiger partial charge in [0, 0.05) is 5.69 Å². The zero-order chi connectivity index (χ0) is 15.2. The standard InChI is InChI=1S/C13H18ClNO4S/c1-3-4-9-20(17,18)15-11-5-7-12(8-6-11)19-10(2)13(14)16/h5-8,10,15H,3-4,9H2,1-2H3. The summed E-state index contributed by atoms with van der Waals surface area (Å²) in [4.78, 5) is 10.9. The molecule has 0 saturated carbocycles. The van der Waals surface area contributed by atoms with Crippen LogP contribution in [0.4, 0.5) is 5.69 Å². The van der Waals surface area contributed by atoms with Gasteiger partial charge in [0.25, 0.3) is 5.24 Å². The fourth-order valence-corrected chi connectivity index (χ4v) is 2.73. The smallest absolute Gasteiger partial charge is 0.262 e. The van der Waals surface area contributed by atoms with Crippen LogP contribution >= 0.6 is 11.6 Å². The molecular formula is C13H18ClNO4S. The average Bonchev–Trinajstić information content (AvgIpc) is 2.38. The minimum absolute atomic E-state index is 0.0968. The van der Waals surface area contributed by atoms with Gasteiger partial charge in [0.1, 0.15) is 5.75 Å². The average molecular weight is 320 g/mol. The third-order valence-corrected chi connectivity index (χ3v) is 4.21. The van der Waals surface area contributed by atoms with E-state index in [9.17, 15) is 13.2 Å². The van der Waals surface area contributed by atoms with Crippen molar-refractivity contribution in [1.82, 2.24) is 0 Å². The van der Waals surface area contributed by atoms with Crippen molar-refractivity contribution < 1.29 is 17.9 Å². The summed E-state index contributed by atoms with van der Waals surface area (Å²) in [5, 5.41) is -0.589. The van der Waals surface area contributed by atoms with Crippen molar-refractivity contribution in [2.24, 2.45) is 0 Å². The van der Waals surface area contributed by atoms with Crippen molar-refractivity contribution in [2.45, 2.75) is 32.8 Å². The van der Waals surface area contributed by atoms with Gasteiger partial charge >= 0.3 is 0 Å². The number of sulfonamides is 1. The number of hydrogen-bond donors (Lipinski definition) is 1. The molecular weight excluding hydrogens is 302 g/mol. The molecule has 0 bridgehead atoms. The van der Waals surface area contributed by atoms with Crippen LogP contribution < -0.4 is 9.46 Å². The van der Waals surface area contributed by atoms with E-state index in [2.05, 4.69) is 4.72 Å². The lowest BCUT2D eigenvalue weighted by Crippen LogP contribution is -2.19. The van der Waals surface area contributed by atoms with Gasteiger partial charge in [-0.3, -0.25) is 9.52 Å². The first-order valence-electron chi connectivity index (χ1n) is 6.30. The Bertz CT molecular complexity index is 542. The van der Waals surface area contributed by atoms with Crippen molar-refractivity contribution in [3.05, 3.63) is 24.3 Å². The van der Waals surface area contributed by atoms with Crippen molar-refractivity contribution >= 4 is 32.6 Å². The van der Waals surface area contributed by atoms with E-state index >= 15 is 0 Å². The SMILES string of the molecule is CCCCS(=O)(=O)Nc1ccc(OC(C)C(=O)Cl)cc1. The number of ether oxygens (including phenoxy) is 1. The second-order valence-corrected chi connectivity index (χ2v) is 6.58. The molecule has 112 valence electrons. The number of unbranched alkanes of at least 4 members (excludes halogenated alkanes) is 1. The number of benzene rings is 1. The van der Waals surface area contributed by atoms with Crippen LogP contribution in [-0.4, -0.2) is 25.5 Å². The van der Waals surface area contributed by atoms with Gasteiger partial charge in [0.05, 0.1) is 5.75 Å². The number of halogens is 1. The summed E-state index contributed by atoms with van der Waals surface area (Å²) in [6.45, 7) is 3.47. The molecule has 0 heterocycles. The maximum atomic E-state index is 11.7. The molecule has 0 radical (unpaired) electrons. The lowest BCUT2D eigenvalue weighted by molar-refractivity contribution is -0.117. The molecule has 5 nitrogen and oxygen atoms in total. The predicted molar refractivity (Wildman–Crippen MR) is 79.7 cm³/mol. The Balaban J connectivity index is 2.65. The summed E-state index contributed by atoms with van der Waals surface area (Å²) in [6.07, 6.45) is 0.688. The molecule has 0 amide bonds. The van der Waals surface area contributed by atoms with Crippen LogP contribution in [-0.2, 0) is 14.8 Å². The van der Waals surface area contributed by atoms with Crippen LogP contribution in [0.3, 0.4) is 0 Å². The highest BCUT2D eigenvalue weighted by molar-refractivity contribution is 7.92. The topological polar surface area (TPSA) is 72.5 Å². The zero-order valence-corrected chi connectivity index (χ0v) is 13.0. The number of carbonyl (C=O) groups is 1. The van der Waals surface area contributed by atoms with E-state index in [1.54, 1.807) is 24.3 Å². The van der Waals surface area contributed by atoms with E-state index < -0.39 is 21.4 Å². The highest BCUT2D eigenvalue weighted by Gasteiger charge is 2.12. The third kappa shape index (κ3) is 5.79. The third-order valence-electron chi connectivity index (χ3n) is 2.53. The molecule has 1 N–H and O–H groups in total. The molecule has 0 spiro atoms. The van der Waals surface area contributed by atoms with E-state index in [-0.39, 0.29) is 5.75 Å². The first-order valence-corrected chi connectivity index (χ1v) is 8.33. The fourth-order valence-electron chi connectivity index (χ4n) is 1.42. The number of nitrogens with one attached hydrogen (secondary N) is 1. The van der Waals surface area contributed by atoms with Crippen LogP contribution in [0.5, 0.6) is 5.75 Å². The van der Waals surface area contributed by atoms with Crippen LogP contribution in [0.1, 0.15) is 26.7 Å². The predicted octanol–water partition coefficient (Wildman–Crippen LogP) is 2.76. The van der Waals surface area contributed by atoms with Gasteiger partial charge in [-0.25, -0.2) is 8.42 Å². The first kappa shape index (κ1) is 16.8. The van der Waals surface area contributed by atoms with Crippen LogP contribution in [0, 0.1) is 0 Å². The lowest BCUT2D eigenvalue weighted by Gasteiger charge is -2.11. The van der Waals surface area contributed by atoms with E-state index in [1.807, 2.05) is 6.92 Å². The maximum Gasteiger partial charge on any atom is 0.262 e. The Morgan fingerprint density at radius 1 is 1.35 bits per heavy atom. The van der Waals surface area contributed by atoms with Crippen molar-refractivity contribution in [3.63, 3.8) is 0 Å². The normalized spacial score (nSPS) is 12.8. The molecule has 1 atom stereocenters. The monoisotopic (exact) mass is 319 g/mol. The van der Waals surface area contributed by atoms with Crippen molar-refractivity contribution in [3.8, 4) is 5.75 Å². The molecule has 0 aromatic heterocycles. The largest absolute Gasteiger partial charge is 0.482 e.